The van der Waals surface area contributed by atoms with Crippen LogP contribution in [0, 0.1) is 0 Å². The maximum atomic E-state index is 13.4. The van der Waals surface area contributed by atoms with Gasteiger partial charge in [-0.25, -0.2) is 4.98 Å². The molecule has 0 unspecified atom stereocenters. The molecule has 1 amide bonds. The van der Waals surface area contributed by atoms with Crippen molar-refractivity contribution in [2.75, 3.05) is 65.3 Å². The second-order valence-corrected chi connectivity index (χ2v) is 8.32. The van der Waals surface area contributed by atoms with Crippen molar-refractivity contribution in [3.63, 3.8) is 0 Å². The van der Waals surface area contributed by atoms with Gasteiger partial charge >= 0.3 is 0 Å². The molecule has 0 aliphatic rings. The van der Waals surface area contributed by atoms with Crippen LogP contribution in [-0.4, -0.2) is 71.3 Å². The average molecular weight is 429 g/mol. The predicted molar refractivity (Wildman–Crippen MR) is 124 cm³/mol. The molecule has 2 aromatic carbocycles. The lowest BCUT2D eigenvalue weighted by atomic mass is 10.1. The molecule has 0 bridgehead atoms. The van der Waals surface area contributed by atoms with Gasteiger partial charge < -0.3 is 19.3 Å². The van der Waals surface area contributed by atoms with Crippen LogP contribution in [0.15, 0.2) is 36.4 Å². The fraction of sp³-hybridized carbons (Fsp3) is 0.364. The normalized spacial score (nSPS) is 11.0. The largest absolute Gasteiger partial charge is 0.495 e. The number of amides is 1. The van der Waals surface area contributed by atoms with E-state index in [2.05, 4.69) is 0 Å². The number of anilines is 2. The third-order valence-electron chi connectivity index (χ3n) is 4.78. The molecule has 30 heavy (non-hydrogen) atoms. The standard InChI is InChI=1S/C22H28N4O3S/c1-24(2)13-14-26(21(27)15-7-9-16(10-8-15)25(3)4)22-23-19-17(28-5)11-12-18(29-6)20(19)30-22/h7-12H,13-14H2,1-6H3. The number of hydrogen-bond acceptors (Lipinski definition) is 7. The Kier molecular flexibility index (Phi) is 6.79. The highest BCUT2D eigenvalue weighted by atomic mass is 32.1. The highest BCUT2D eigenvalue weighted by Crippen LogP contribution is 2.40. The molecule has 8 heteroatoms. The van der Waals surface area contributed by atoms with Crippen LogP contribution in [0.3, 0.4) is 0 Å². The molecular weight excluding hydrogens is 400 g/mol. The smallest absolute Gasteiger partial charge is 0.260 e. The van der Waals surface area contributed by atoms with Crippen LogP contribution in [0.2, 0.25) is 0 Å². The average Bonchev–Trinajstić information content (AvgIpc) is 3.18. The molecule has 0 fully saturated rings. The lowest BCUT2D eigenvalue weighted by molar-refractivity contribution is 0.0985. The molecule has 160 valence electrons. The maximum Gasteiger partial charge on any atom is 0.260 e. The van der Waals surface area contributed by atoms with Crippen molar-refractivity contribution in [2.45, 2.75) is 0 Å². The third-order valence-corrected chi connectivity index (χ3v) is 5.87. The Labute approximate surface area is 181 Å². The zero-order valence-electron chi connectivity index (χ0n) is 18.3. The minimum atomic E-state index is -0.0841. The monoisotopic (exact) mass is 428 g/mol. The quantitative estimate of drug-likeness (QED) is 0.547. The molecule has 0 spiro atoms. The number of carbonyl (C=O) groups is 1. The second kappa shape index (κ2) is 9.32. The van der Waals surface area contributed by atoms with Crippen molar-refractivity contribution in [3.05, 3.63) is 42.0 Å². The number of methoxy groups -OCH3 is 2. The number of nitrogens with zero attached hydrogens (tertiary/aromatic N) is 4. The summed E-state index contributed by atoms with van der Waals surface area (Å²) in [5.41, 5.74) is 2.36. The van der Waals surface area contributed by atoms with Gasteiger partial charge in [0, 0.05) is 38.4 Å². The van der Waals surface area contributed by atoms with E-state index >= 15 is 0 Å². The Morgan fingerprint density at radius 1 is 0.933 bits per heavy atom. The van der Waals surface area contributed by atoms with E-state index in [-0.39, 0.29) is 5.91 Å². The molecule has 1 heterocycles. The summed E-state index contributed by atoms with van der Waals surface area (Å²) in [6.45, 7) is 1.23. The van der Waals surface area contributed by atoms with Gasteiger partial charge in [-0.3, -0.25) is 9.69 Å². The van der Waals surface area contributed by atoms with Crippen LogP contribution in [0.4, 0.5) is 10.8 Å². The predicted octanol–water partition coefficient (Wildman–Crippen LogP) is 3.59. The Morgan fingerprint density at radius 3 is 2.13 bits per heavy atom. The molecule has 0 atom stereocenters. The van der Waals surface area contributed by atoms with Gasteiger partial charge in [0.25, 0.3) is 5.91 Å². The number of carbonyl (C=O) groups excluding carboxylic acids is 1. The number of aromatic nitrogens is 1. The molecule has 0 N–H and O–H groups in total. The zero-order valence-corrected chi connectivity index (χ0v) is 19.1. The summed E-state index contributed by atoms with van der Waals surface area (Å²) < 4.78 is 11.8. The van der Waals surface area contributed by atoms with Crippen molar-refractivity contribution in [1.82, 2.24) is 9.88 Å². The molecule has 0 saturated heterocycles. The number of ether oxygens (including phenoxy) is 2. The summed E-state index contributed by atoms with van der Waals surface area (Å²) >= 11 is 1.43. The van der Waals surface area contributed by atoms with Crippen molar-refractivity contribution in [3.8, 4) is 11.5 Å². The van der Waals surface area contributed by atoms with Gasteiger partial charge in [-0.1, -0.05) is 11.3 Å². The van der Waals surface area contributed by atoms with E-state index in [0.717, 1.165) is 10.4 Å². The Morgan fingerprint density at radius 2 is 1.57 bits per heavy atom. The summed E-state index contributed by atoms with van der Waals surface area (Å²) in [5.74, 6) is 1.28. The minimum Gasteiger partial charge on any atom is -0.495 e. The van der Waals surface area contributed by atoms with Crippen molar-refractivity contribution < 1.29 is 14.3 Å². The van der Waals surface area contributed by atoms with Gasteiger partial charge in [-0.2, -0.15) is 0 Å². The first kappa shape index (κ1) is 21.9. The molecule has 0 radical (unpaired) electrons. The van der Waals surface area contributed by atoms with E-state index < -0.39 is 0 Å². The number of hydrogen-bond donors (Lipinski definition) is 0. The van der Waals surface area contributed by atoms with Crippen LogP contribution >= 0.6 is 11.3 Å². The summed E-state index contributed by atoms with van der Waals surface area (Å²) in [7, 11) is 11.2. The number of fused-ring (bicyclic) bond motifs is 1. The van der Waals surface area contributed by atoms with Gasteiger partial charge in [0.05, 0.1) is 14.2 Å². The zero-order chi connectivity index (χ0) is 21.8. The molecule has 0 saturated carbocycles. The van der Waals surface area contributed by atoms with E-state index in [1.807, 2.05) is 74.4 Å². The van der Waals surface area contributed by atoms with Crippen molar-refractivity contribution in [2.24, 2.45) is 0 Å². The molecule has 0 aliphatic carbocycles. The number of rotatable bonds is 8. The second-order valence-electron chi connectivity index (χ2n) is 7.35. The van der Waals surface area contributed by atoms with E-state index in [1.165, 1.54) is 11.3 Å². The maximum absolute atomic E-state index is 13.4. The molecule has 7 nitrogen and oxygen atoms in total. The SMILES string of the molecule is COc1ccc(OC)c2sc(N(CCN(C)C)C(=O)c3ccc(N(C)C)cc3)nc12. The molecule has 3 rings (SSSR count). The highest BCUT2D eigenvalue weighted by molar-refractivity contribution is 7.22. The van der Waals surface area contributed by atoms with Crippen molar-refractivity contribution >= 4 is 38.3 Å². The Hall–Kier alpha value is -2.84. The fourth-order valence-electron chi connectivity index (χ4n) is 3.03. The summed E-state index contributed by atoms with van der Waals surface area (Å²) in [6.07, 6.45) is 0. The van der Waals surface area contributed by atoms with Crippen LogP contribution in [0.1, 0.15) is 10.4 Å². The third kappa shape index (κ3) is 4.49. The molecule has 3 aromatic rings. The summed E-state index contributed by atoms with van der Waals surface area (Å²) in [5, 5.41) is 0.622. The van der Waals surface area contributed by atoms with E-state index in [0.29, 0.717) is 40.8 Å². The van der Waals surface area contributed by atoms with Gasteiger partial charge in [-0.05, 0) is 50.5 Å². The lowest BCUT2D eigenvalue weighted by Crippen LogP contribution is -2.36. The number of benzene rings is 2. The van der Waals surface area contributed by atoms with Gasteiger partial charge in [0.1, 0.15) is 21.7 Å². The van der Waals surface area contributed by atoms with E-state index in [4.69, 9.17) is 14.5 Å². The van der Waals surface area contributed by atoms with Gasteiger partial charge in [-0.15, -0.1) is 0 Å². The van der Waals surface area contributed by atoms with E-state index in [9.17, 15) is 4.79 Å². The highest BCUT2D eigenvalue weighted by Gasteiger charge is 2.23. The van der Waals surface area contributed by atoms with E-state index in [1.54, 1.807) is 19.1 Å². The first-order valence-corrected chi connectivity index (χ1v) is 10.4. The first-order chi connectivity index (χ1) is 14.3. The number of thiazole rings is 1. The fourth-order valence-corrected chi connectivity index (χ4v) is 4.13. The van der Waals surface area contributed by atoms with Crippen molar-refractivity contribution in [1.29, 1.82) is 0 Å². The van der Waals surface area contributed by atoms with Crippen LogP contribution in [0.25, 0.3) is 10.2 Å². The van der Waals surface area contributed by atoms with Crippen LogP contribution in [0.5, 0.6) is 11.5 Å². The van der Waals surface area contributed by atoms with Crippen LogP contribution < -0.4 is 19.3 Å². The summed E-state index contributed by atoms with van der Waals surface area (Å²) in [6, 6.07) is 11.3. The molecular formula is C22H28N4O3S. The Bertz CT molecular complexity index is 974. The Balaban J connectivity index is 2.04. The lowest BCUT2D eigenvalue weighted by Gasteiger charge is -2.22. The number of likely N-dealkylation sites (N-methyl/N-ethyl adjacent to an activating group) is 1. The van der Waals surface area contributed by atoms with Gasteiger partial charge in [0.15, 0.2) is 5.13 Å². The topological polar surface area (TPSA) is 58.1 Å². The molecule has 0 aliphatic heterocycles. The van der Waals surface area contributed by atoms with Crippen LogP contribution in [-0.2, 0) is 0 Å². The first-order valence-electron chi connectivity index (χ1n) is 9.61. The minimum absolute atomic E-state index is 0.0841. The van der Waals surface area contributed by atoms with Gasteiger partial charge in [0.2, 0.25) is 0 Å². The molecule has 1 aromatic heterocycles. The summed E-state index contributed by atoms with van der Waals surface area (Å²) in [4.78, 5) is 24.0.